The molecule has 2 aromatic rings. The summed E-state index contributed by atoms with van der Waals surface area (Å²) in [6, 6.07) is 9.98. The topological polar surface area (TPSA) is 45.5 Å². The highest BCUT2D eigenvalue weighted by atomic mass is 35.5. The SMILES string of the molecule is CCN(C(=O)C(C)C1CNC1)C(C)c1cc2ccccc2o1.Cl. The van der Waals surface area contributed by atoms with Crippen LogP contribution in [0.15, 0.2) is 34.7 Å². The fourth-order valence-corrected chi connectivity index (χ4v) is 3.11. The Morgan fingerprint density at radius 3 is 2.61 bits per heavy atom. The van der Waals surface area contributed by atoms with Crippen molar-refractivity contribution < 1.29 is 9.21 Å². The van der Waals surface area contributed by atoms with Gasteiger partial charge in [-0.2, -0.15) is 0 Å². The standard InChI is InChI=1S/C18H24N2O2.ClH/c1-4-20(18(21)12(2)15-10-19-11-15)13(3)17-9-14-7-5-6-8-16(14)22-17;/h5-9,12-13,15,19H,4,10-11H2,1-3H3;1H. The number of hydrogen-bond donors (Lipinski definition) is 1. The van der Waals surface area contributed by atoms with E-state index < -0.39 is 0 Å². The van der Waals surface area contributed by atoms with E-state index in [-0.39, 0.29) is 30.3 Å². The van der Waals surface area contributed by atoms with Gasteiger partial charge in [-0.1, -0.05) is 25.1 Å². The summed E-state index contributed by atoms with van der Waals surface area (Å²) in [6.07, 6.45) is 0. The lowest BCUT2D eigenvalue weighted by atomic mass is 9.87. The van der Waals surface area contributed by atoms with Crippen molar-refractivity contribution in [2.75, 3.05) is 19.6 Å². The smallest absolute Gasteiger partial charge is 0.226 e. The van der Waals surface area contributed by atoms with Gasteiger partial charge in [-0.05, 0) is 45.0 Å². The molecule has 126 valence electrons. The van der Waals surface area contributed by atoms with E-state index >= 15 is 0 Å². The molecule has 1 saturated heterocycles. The molecule has 1 aromatic heterocycles. The Morgan fingerprint density at radius 2 is 2.04 bits per heavy atom. The van der Waals surface area contributed by atoms with Crippen LogP contribution in [0.25, 0.3) is 11.0 Å². The molecule has 4 nitrogen and oxygen atoms in total. The van der Waals surface area contributed by atoms with Crippen LogP contribution in [0.4, 0.5) is 0 Å². The molecular formula is C18H25ClN2O2. The Labute approximate surface area is 143 Å². The molecule has 0 saturated carbocycles. The summed E-state index contributed by atoms with van der Waals surface area (Å²) in [5, 5.41) is 4.33. The molecule has 5 heteroatoms. The highest BCUT2D eigenvalue weighted by Crippen LogP contribution is 2.29. The molecular weight excluding hydrogens is 312 g/mol. The molecule has 3 rings (SSSR count). The van der Waals surface area contributed by atoms with E-state index in [0.717, 1.165) is 29.8 Å². The van der Waals surface area contributed by atoms with E-state index in [2.05, 4.69) is 5.32 Å². The number of fused-ring (bicyclic) bond motifs is 1. The zero-order chi connectivity index (χ0) is 15.7. The summed E-state index contributed by atoms with van der Waals surface area (Å²) in [4.78, 5) is 14.7. The van der Waals surface area contributed by atoms with E-state index in [0.29, 0.717) is 12.5 Å². The van der Waals surface area contributed by atoms with Crippen LogP contribution in [-0.2, 0) is 4.79 Å². The van der Waals surface area contributed by atoms with Gasteiger partial charge in [-0.15, -0.1) is 12.4 Å². The van der Waals surface area contributed by atoms with Crippen molar-refractivity contribution in [3.63, 3.8) is 0 Å². The van der Waals surface area contributed by atoms with E-state index in [9.17, 15) is 4.79 Å². The predicted molar refractivity (Wildman–Crippen MR) is 94.8 cm³/mol. The van der Waals surface area contributed by atoms with Gasteiger partial charge in [0.2, 0.25) is 5.91 Å². The highest BCUT2D eigenvalue weighted by molar-refractivity contribution is 5.85. The van der Waals surface area contributed by atoms with Crippen LogP contribution in [0.1, 0.15) is 32.6 Å². The molecule has 0 spiro atoms. The molecule has 1 N–H and O–H groups in total. The van der Waals surface area contributed by atoms with Gasteiger partial charge in [0.15, 0.2) is 0 Å². The fraction of sp³-hybridized carbons (Fsp3) is 0.500. The van der Waals surface area contributed by atoms with Crippen LogP contribution in [0.5, 0.6) is 0 Å². The Bertz CT molecular complexity index is 633. The first-order valence-electron chi connectivity index (χ1n) is 8.11. The normalized spacial score (nSPS) is 17.2. The van der Waals surface area contributed by atoms with E-state index in [1.165, 1.54) is 0 Å². The number of hydrogen-bond acceptors (Lipinski definition) is 3. The zero-order valence-corrected chi connectivity index (χ0v) is 14.7. The second kappa shape index (κ2) is 7.37. The summed E-state index contributed by atoms with van der Waals surface area (Å²) in [6.45, 7) is 8.71. The molecule has 1 aliphatic rings. The van der Waals surface area contributed by atoms with E-state index in [1.54, 1.807) is 0 Å². The molecule has 1 aliphatic heterocycles. The van der Waals surface area contributed by atoms with Crippen molar-refractivity contribution >= 4 is 29.3 Å². The number of carbonyl (C=O) groups excluding carboxylic acids is 1. The number of nitrogens with zero attached hydrogens (tertiary/aromatic N) is 1. The molecule has 0 radical (unpaired) electrons. The van der Waals surface area contributed by atoms with Gasteiger partial charge in [-0.25, -0.2) is 0 Å². The maximum atomic E-state index is 12.8. The number of rotatable bonds is 5. The maximum absolute atomic E-state index is 12.8. The van der Waals surface area contributed by atoms with Gasteiger partial charge in [0.05, 0.1) is 6.04 Å². The lowest BCUT2D eigenvalue weighted by Crippen LogP contribution is -2.50. The number of amides is 1. The van der Waals surface area contributed by atoms with Crippen LogP contribution >= 0.6 is 12.4 Å². The first-order chi connectivity index (χ1) is 10.6. The van der Waals surface area contributed by atoms with Gasteiger partial charge >= 0.3 is 0 Å². The minimum absolute atomic E-state index is 0. The van der Waals surface area contributed by atoms with Crippen LogP contribution < -0.4 is 5.32 Å². The monoisotopic (exact) mass is 336 g/mol. The molecule has 1 fully saturated rings. The van der Waals surface area contributed by atoms with Crippen LogP contribution in [0.2, 0.25) is 0 Å². The quantitative estimate of drug-likeness (QED) is 0.907. The second-order valence-electron chi connectivity index (χ2n) is 6.19. The largest absolute Gasteiger partial charge is 0.459 e. The van der Waals surface area contributed by atoms with Crippen LogP contribution in [-0.4, -0.2) is 30.4 Å². The van der Waals surface area contributed by atoms with Crippen molar-refractivity contribution in [1.82, 2.24) is 10.2 Å². The van der Waals surface area contributed by atoms with Gasteiger partial charge < -0.3 is 14.6 Å². The fourth-order valence-electron chi connectivity index (χ4n) is 3.11. The first-order valence-corrected chi connectivity index (χ1v) is 8.11. The van der Waals surface area contributed by atoms with Crippen molar-refractivity contribution in [1.29, 1.82) is 0 Å². The molecule has 0 aliphatic carbocycles. The Hall–Kier alpha value is -1.52. The summed E-state index contributed by atoms with van der Waals surface area (Å²) < 4.78 is 5.94. The number of benzene rings is 1. The number of para-hydroxylation sites is 1. The third-order valence-corrected chi connectivity index (χ3v) is 4.86. The molecule has 1 aromatic carbocycles. The van der Waals surface area contributed by atoms with Gasteiger partial charge in [0, 0.05) is 17.8 Å². The molecule has 1 amide bonds. The lowest BCUT2D eigenvalue weighted by molar-refractivity contribution is -0.139. The Balaban J connectivity index is 0.00000192. The summed E-state index contributed by atoms with van der Waals surface area (Å²) in [5.41, 5.74) is 0.879. The predicted octanol–water partition coefficient (Wildman–Crippen LogP) is 3.62. The molecule has 23 heavy (non-hydrogen) atoms. The second-order valence-corrected chi connectivity index (χ2v) is 6.19. The minimum Gasteiger partial charge on any atom is -0.459 e. The molecule has 2 heterocycles. The maximum Gasteiger partial charge on any atom is 0.226 e. The molecule has 2 unspecified atom stereocenters. The van der Waals surface area contributed by atoms with Crippen molar-refractivity contribution in [2.24, 2.45) is 11.8 Å². The number of furan rings is 1. The average Bonchev–Trinajstić information content (AvgIpc) is 2.89. The van der Waals surface area contributed by atoms with Crippen molar-refractivity contribution in [3.05, 3.63) is 36.1 Å². The van der Waals surface area contributed by atoms with Crippen molar-refractivity contribution in [3.8, 4) is 0 Å². The average molecular weight is 337 g/mol. The van der Waals surface area contributed by atoms with Crippen molar-refractivity contribution in [2.45, 2.75) is 26.8 Å². The Kier molecular flexibility index (Phi) is 5.71. The van der Waals surface area contributed by atoms with Gasteiger partial charge in [-0.3, -0.25) is 4.79 Å². The lowest BCUT2D eigenvalue weighted by Gasteiger charge is -2.36. The van der Waals surface area contributed by atoms with Gasteiger partial charge in [0.1, 0.15) is 11.3 Å². The van der Waals surface area contributed by atoms with Crippen LogP contribution in [0.3, 0.4) is 0 Å². The third-order valence-electron chi connectivity index (χ3n) is 4.86. The molecule has 0 bridgehead atoms. The Morgan fingerprint density at radius 1 is 1.35 bits per heavy atom. The van der Waals surface area contributed by atoms with Gasteiger partial charge in [0.25, 0.3) is 0 Å². The first kappa shape index (κ1) is 17.8. The van der Waals surface area contributed by atoms with Crippen LogP contribution in [0, 0.1) is 11.8 Å². The molecule has 2 atom stereocenters. The van der Waals surface area contributed by atoms with E-state index in [1.807, 2.05) is 56.0 Å². The number of nitrogens with one attached hydrogen (secondary N) is 1. The summed E-state index contributed by atoms with van der Waals surface area (Å²) in [7, 11) is 0. The zero-order valence-electron chi connectivity index (χ0n) is 13.9. The third kappa shape index (κ3) is 3.38. The number of carbonyl (C=O) groups is 1. The summed E-state index contributed by atoms with van der Waals surface area (Å²) >= 11 is 0. The highest BCUT2D eigenvalue weighted by Gasteiger charge is 2.33. The number of halogens is 1. The van der Waals surface area contributed by atoms with E-state index in [4.69, 9.17) is 4.42 Å². The minimum atomic E-state index is -0.0413. The summed E-state index contributed by atoms with van der Waals surface area (Å²) in [5.74, 6) is 1.61.